The third-order valence-electron chi connectivity index (χ3n) is 5.47. The number of aryl methyl sites for hydroxylation is 1. The van der Waals surface area contributed by atoms with E-state index in [1.165, 1.54) is 0 Å². The van der Waals surface area contributed by atoms with Crippen LogP contribution >= 0.6 is 0 Å². The van der Waals surface area contributed by atoms with Crippen LogP contribution in [0.5, 0.6) is 11.5 Å². The van der Waals surface area contributed by atoms with Crippen molar-refractivity contribution in [2.45, 2.75) is 26.3 Å². The van der Waals surface area contributed by atoms with Crippen LogP contribution in [-0.2, 0) is 16.1 Å². The Labute approximate surface area is 156 Å². The van der Waals surface area contributed by atoms with Crippen LogP contribution in [0.1, 0.15) is 22.9 Å². The second-order valence-electron chi connectivity index (χ2n) is 7.01. The Morgan fingerprint density at radius 3 is 2.70 bits per heavy atom. The van der Waals surface area contributed by atoms with E-state index in [2.05, 4.69) is 4.98 Å². The number of imidazole rings is 1. The van der Waals surface area contributed by atoms with Crippen molar-refractivity contribution in [3.8, 4) is 11.5 Å². The first-order valence-corrected chi connectivity index (χ1v) is 8.82. The molecule has 1 aromatic heterocycles. The van der Waals surface area contributed by atoms with Gasteiger partial charge in [-0.25, -0.2) is 4.98 Å². The smallest absolute Gasteiger partial charge is 0.308 e. The molecule has 27 heavy (non-hydrogen) atoms. The fourth-order valence-electron chi connectivity index (χ4n) is 3.69. The molecule has 1 saturated heterocycles. The molecule has 0 aliphatic carbocycles. The molecular formula is C19H21N3O5. The predicted molar refractivity (Wildman–Crippen MR) is 94.7 cm³/mol. The highest BCUT2D eigenvalue weighted by Crippen LogP contribution is 2.39. The molecule has 1 amide bonds. The highest BCUT2D eigenvalue weighted by Gasteiger charge is 2.41. The van der Waals surface area contributed by atoms with Crippen LogP contribution in [0.15, 0.2) is 24.5 Å². The van der Waals surface area contributed by atoms with Gasteiger partial charge in [0.15, 0.2) is 11.5 Å². The average Bonchev–Trinajstić information content (AvgIpc) is 3.35. The maximum atomic E-state index is 12.7. The van der Waals surface area contributed by atoms with Gasteiger partial charge >= 0.3 is 5.97 Å². The quantitative estimate of drug-likeness (QED) is 0.877. The molecule has 142 valence electrons. The lowest BCUT2D eigenvalue weighted by molar-refractivity contribution is -0.141. The number of carboxylic acid groups (broad SMARTS) is 1. The lowest BCUT2D eigenvalue weighted by atomic mass is 9.89. The highest BCUT2D eigenvalue weighted by atomic mass is 16.7. The van der Waals surface area contributed by atoms with Gasteiger partial charge in [-0.2, -0.15) is 0 Å². The lowest BCUT2D eigenvalue weighted by Crippen LogP contribution is -2.32. The van der Waals surface area contributed by atoms with Gasteiger partial charge in [-0.3, -0.25) is 9.59 Å². The van der Waals surface area contributed by atoms with Crippen LogP contribution in [0, 0.1) is 19.8 Å². The molecule has 8 nitrogen and oxygen atoms in total. The Bertz CT molecular complexity index is 907. The van der Waals surface area contributed by atoms with Crippen LogP contribution < -0.4 is 9.47 Å². The van der Waals surface area contributed by atoms with Crippen molar-refractivity contribution in [3.63, 3.8) is 0 Å². The summed E-state index contributed by atoms with van der Waals surface area (Å²) in [4.78, 5) is 30.4. The van der Waals surface area contributed by atoms with Gasteiger partial charge in [-0.1, -0.05) is 6.07 Å². The summed E-state index contributed by atoms with van der Waals surface area (Å²) in [5.41, 5.74) is 2.66. The Balaban J connectivity index is 1.54. The van der Waals surface area contributed by atoms with Crippen molar-refractivity contribution in [1.82, 2.24) is 14.5 Å². The Kier molecular flexibility index (Phi) is 4.25. The van der Waals surface area contributed by atoms with E-state index in [1.807, 2.05) is 26.0 Å². The van der Waals surface area contributed by atoms with Gasteiger partial charge < -0.3 is 24.0 Å². The first kappa shape index (κ1) is 17.4. The molecule has 0 bridgehead atoms. The largest absolute Gasteiger partial charge is 0.481 e. The van der Waals surface area contributed by atoms with E-state index in [-0.39, 0.29) is 31.7 Å². The fourth-order valence-corrected chi connectivity index (χ4v) is 3.69. The molecule has 0 radical (unpaired) electrons. The van der Waals surface area contributed by atoms with E-state index >= 15 is 0 Å². The Hall–Kier alpha value is -3.03. The minimum Gasteiger partial charge on any atom is -0.481 e. The standard InChI is InChI=1S/C19H21N3O5/c1-11-12(2)22(9-20-11)8-18(23)21-6-14(15(7-21)19(24)25)13-3-4-16-17(5-13)27-10-26-16/h3-5,9,14-15H,6-8,10H2,1-2H3,(H,24,25). The molecule has 1 aromatic carbocycles. The molecule has 0 spiro atoms. The second kappa shape index (κ2) is 6.61. The van der Waals surface area contributed by atoms with Crippen LogP contribution in [0.2, 0.25) is 0 Å². The number of aliphatic carboxylic acids is 1. The van der Waals surface area contributed by atoms with Crippen molar-refractivity contribution in [3.05, 3.63) is 41.5 Å². The number of likely N-dealkylation sites (tertiary alicyclic amines) is 1. The fraction of sp³-hybridized carbons (Fsp3) is 0.421. The summed E-state index contributed by atoms with van der Waals surface area (Å²) in [6, 6.07) is 5.46. The molecule has 1 N–H and O–H groups in total. The zero-order valence-electron chi connectivity index (χ0n) is 15.2. The molecule has 2 aromatic rings. The number of fused-ring (bicyclic) bond motifs is 1. The van der Waals surface area contributed by atoms with E-state index in [1.54, 1.807) is 21.9 Å². The number of rotatable bonds is 4. The summed E-state index contributed by atoms with van der Waals surface area (Å²) in [6.07, 6.45) is 1.64. The molecule has 2 unspecified atom stereocenters. The minimum atomic E-state index is -0.900. The minimum absolute atomic E-state index is 0.106. The maximum Gasteiger partial charge on any atom is 0.308 e. The van der Waals surface area contributed by atoms with Crippen molar-refractivity contribution in [2.24, 2.45) is 5.92 Å². The highest BCUT2D eigenvalue weighted by molar-refractivity contribution is 5.79. The molecule has 2 aliphatic heterocycles. The number of amides is 1. The van der Waals surface area contributed by atoms with Gasteiger partial charge in [-0.15, -0.1) is 0 Å². The van der Waals surface area contributed by atoms with Crippen molar-refractivity contribution >= 4 is 11.9 Å². The maximum absolute atomic E-state index is 12.7. The zero-order valence-corrected chi connectivity index (χ0v) is 15.2. The van der Waals surface area contributed by atoms with Crippen LogP contribution in [0.25, 0.3) is 0 Å². The van der Waals surface area contributed by atoms with Crippen LogP contribution in [-0.4, -0.2) is 51.3 Å². The third-order valence-corrected chi connectivity index (χ3v) is 5.47. The summed E-state index contributed by atoms with van der Waals surface area (Å²) in [5, 5.41) is 9.67. The molecule has 4 rings (SSSR count). The van der Waals surface area contributed by atoms with Gasteiger partial charge in [0.1, 0.15) is 6.54 Å². The molecule has 0 saturated carbocycles. The normalized spacial score (nSPS) is 20.9. The van der Waals surface area contributed by atoms with E-state index in [0.717, 1.165) is 17.0 Å². The number of aromatic nitrogens is 2. The van der Waals surface area contributed by atoms with Crippen LogP contribution in [0.3, 0.4) is 0 Å². The number of hydrogen-bond donors (Lipinski definition) is 1. The Morgan fingerprint density at radius 1 is 1.22 bits per heavy atom. The summed E-state index contributed by atoms with van der Waals surface area (Å²) >= 11 is 0. The van der Waals surface area contributed by atoms with Crippen LogP contribution in [0.4, 0.5) is 0 Å². The first-order valence-electron chi connectivity index (χ1n) is 8.82. The second-order valence-corrected chi connectivity index (χ2v) is 7.01. The molecule has 1 fully saturated rings. The monoisotopic (exact) mass is 371 g/mol. The number of carboxylic acids is 1. The number of carbonyl (C=O) groups is 2. The van der Waals surface area contributed by atoms with Gasteiger partial charge in [0.2, 0.25) is 12.7 Å². The average molecular weight is 371 g/mol. The molecule has 3 heterocycles. The van der Waals surface area contributed by atoms with E-state index in [9.17, 15) is 14.7 Å². The summed E-state index contributed by atoms with van der Waals surface area (Å²) in [7, 11) is 0. The third kappa shape index (κ3) is 3.11. The van der Waals surface area contributed by atoms with Crippen molar-refractivity contribution in [1.29, 1.82) is 0 Å². The zero-order chi connectivity index (χ0) is 19.1. The van der Waals surface area contributed by atoms with Gasteiger partial charge in [0.05, 0.1) is 17.9 Å². The number of nitrogens with zero attached hydrogens (tertiary/aromatic N) is 3. The number of ether oxygens (including phenoxy) is 2. The SMILES string of the molecule is Cc1ncn(CC(=O)N2CC(C(=O)O)C(c3ccc4c(c3)OCO4)C2)c1C. The van der Waals surface area contributed by atoms with E-state index < -0.39 is 11.9 Å². The molecule has 2 atom stereocenters. The summed E-state index contributed by atoms with van der Waals surface area (Å²) < 4.78 is 12.5. The van der Waals surface area contributed by atoms with E-state index in [4.69, 9.17) is 9.47 Å². The topological polar surface area (TPSA) is 93.9 Å². The van der Waals surface area contributed by atoms with Gasteiger partial charge in [0, 0.05) is 24.7 Å². The number of hydrogen-bond acceptors (Lipinski definition) is 5. The van der Waals surface area contributed by atoms with Gasteiger partial charge in [-0.05, 0) is 31.5 Å². The Morgan fingerprint density at radius 2 is 2.00 bits per heavy atom. The molecule has 2 aliphatic rings. The van der Waals surface area contributed by atoms with Crippen molar-refractivity contribution in [2.75, 3.05) is 19.9 Å². The molecule has 8 heteroatoms. The van der Waals surface area contributed by atoms with E-state index in [0.29, 0.717) is 18.0 Å². The number of benzene rings is 1. The predicted octanol–water partition coefficient (Wildman–Crippen LogP) is 1.56. The number of carbonyl (C=O) groups excluding carboxylic acids is 1. The summed E-state index contributed by atoms with van der Waals surface area (Å²) in [6.45, 7) is 4.69. The van der Waals surface area contributed by atoms with Gasteiger partial charge in [0.25, 0.3) is 0 Å². The van der Waals surface area contributed by atoms with Crippen molar-refractivity contribution < 1.29 is 24.2 Å². The molecular weight excluding hydrogens is 350 g/mol. The summed E-state index contributed by atoms with van der Waals surface area (Å²) in [5.74, 6) is -0.674. The first-order chi connectivity index (χ1) is 12.9. The lowest BCUT2D eigenvalue weighted by Gasteiger charge is -2.17.